The highest BCUT2D eigenvalue weighted by Crippen LogP contribution is 2.34. The number of nitro groups is 1. The van der Waals surface area contributed by atoms with Crippen molar-refractivity contribution in [2.75, 3.05) is 0 Å². The quantitative estimate of drug-likeness (QED) is 0.415. The molecule has 80 valence electrons. The molecule has 0 N–H and O–H groups in total. The standard InChI is InChI=1S/C9H14ClNO3/c10-8(12)4-7-9(11(13)14)5-2-1-3-6-9/h1-7H2. The van der Waals surface area contributed by atoms with E-state index >= 15 is 0 Å². The molecule has 0 amide bonds. The summed E-state index contributed by atoms with van der Waals surface area (Å²) < 4.78 is 0. The molecular weight excluding hydrogens is 206 g/mol. The van der Waals surface area contributed by atoms with E-state index in [0.717, 1.165) is 19.3 Å². The first-order valence-corrected chi connectivity index (χ1v) is 5.27. The maximum Gasteiger partial charge on any atom is 0.222 e. The summed E-state index contributed by atoms with van der Waals surface area (Å²) in [4.78, 5) is 21.3. The zero-order valence-corrected chi connectivity index (χ0v) is 8.76. The van der Waals surface area contributed by atoms with Crippen LogP contribution < -0.4 is 0 Å². The molecule has 0 unspecified atom stereocenters. The van der Waals surface area contributed by atoms with E-state index in [9.17, 15) is 14.9 Å². The van der Waals surface area contributed by atoms with Crippen LogP contribution in [0.5, 0.6) is 0 Å². The van der Waals surface area contributed by atoms with Crippen molar-refractivity contribution in [3.05, 3.63) is 10.1 Å². The van der Waals surface area contributed by atoms with Crippen molar-refractivity contribution in [3.63, 3.8) is 0 Å². The van der Waals surface area contributed by atoms with Gasteiger partial charge in [0.25, 0.3) is 0 Å². The highest BCUT2D eigenvalue weighted by atomic mass is 35.5. The zero-order chi connectivity index (χ0) is 10.6. The van der Waals surface area contributed by atoms with Crippen molar-refractivity contribution in [1.29, 1.82) is 0 Å². The van der Waals surface area contributed by atoms with Gasteiger partial charge in [0, 0.05) is 30.6 Å². The number of halogens is 1. The summed E-state index contributed by atoms with van der Waals surface area (Å²) in [5.41, 5.74) is -0.872. The predicted molar refractivity (Wildman–Crippen MR) is 52.9 cm³/mol. The van der Waals surface area contributed by atoms with Gasteiger partial charge in [0.1, 0.15) is 0 Å². The number of carbonyl (C=O) groups is 1. The van der Waals surface area contributed by atoms with E-state index in [1.807, 2.05) is 0 Å². The molecule has 0 spiro atoms. The van der Waals surface area contributed by atoms with E-state index in [1.54, 1.807) is 0 Å². The van der Waals surface area contributed by atoms with Gasteiger partial charge in [-0.2, -0.15) is 0 Å². The number of hydrogen-bond donors (Lipinski definition) is 0. The lowest BCUT2D eigenvalue weighted by Crippen LogP contribution is -2.40. The van der Waals surface area contributed by atoms with Gasteiger partial charge in [0.05, 0.1) is 0 Å². The topological polar surface area (TPSA) is 60.2 Å². The molecule has 4 nitrogen and oxygen atoms in total. The molecule has 0 bridgehead atoms. The molecule has 1 saturated carbocycles. The van der Waals surface area contributed by atoms with Crippen LogP contribution in [0.2, 0.25) is 0 Å². The molecule has 0 aromatic carbocycles. The van der Waals surface area contributed by atoms with Crippen LogP contribution in [-0.4, -0.2) is 15.7 Å². The molecule has 0 atom stereocenters. The molecule has 1 fully saturated rings. The molecule has 14 heavy (non-hydrogen) atoms. The Labute approximate surface area is 87.8 Å². The number of hydrogen-bond acceptors (Lipinski definition) is 3. The largest absolute Gasteiger partial charge is 0.281 e. The van der Waals surface area contributed by atoms with Gasteiger partial charge in [0.2, 0.25) is 10.8 Å². The first-order chi connectivity index (χ1) is 6.57. The van der Waals surface area contributed by atoms with Gasteiger partial charge in [-0.15, -0.1) is 0 Å². The summed E-state index contributed by atoms with van der Waals surface area (Å²) >= 11 is 5.20. The van der Waals surface area contributed by atoms with Crippen molar-refractivity contribution in [1.82, 2.24) is 0 Å². The van der Waals surface area contributed by atoms with Gasteiger partial charge in [-0.1, -0.05) is 6.42 Å². The van der Waals surface area contributed by atoms with E-state index in [-0.39, 0.29) is 11.3 Å². The van der Waals surface area contributed by atoms with Crippen LogP contribution in [0.4, 0.5) is 0 Å². The van der Waals surface area contributed by atoms with Gasteiger partial charge < -0.3 is 0 Å². The minimum Gasteiger partial charge on any atom is -0.281 e. The van der Waals surface area contributed by atoms with Crippen LogP contribution >= 0.6 is 11.6 Å². The lowest BCUT2D eigenvalue weighted by Gasteiger charge is -2.28. The van der Waals surface area contributed by atoms with Crippen LogP contribution in [0.15, 0.2) is 0 Å². The highest BCUT2D eigenvalue weighted by molar-refractivity contribution is 6.63. The smallest absolute Gasteiger partial charge is 0.222 e. The fourth-order valence-corrected chi connectivity index (χ4v) is 2.16. The molecule has 0 aromatic heterocycles. The fourth-order valence-electron chi connectivity index (χ4n) is 2.06. The van der Waals surface area contributed by atoms with E-state index in [0.29, 0.717) is 19.3 Å². The van der Waals surface area contributed by atoms with Crippen LogP contribution in [-0.2, 0) is 4.79 Å². The lowest BCUT2D eigenvalue weighted by molar-refractivity contribution is -0.576. The Kier molecular flexibility index (Phi) is 3.86. The minimum absolute atomic E-state index is 0.114. The summed E-state index contributed by atoms with van der Waals surface area (Å²) in [5.74, 6) is 0. The van der Waals surface area contributed by atoms with Crippen molar-refractivity contribution in [2.45, 2.75) is 50.5 Å². The Morgan fingerprint density at radius 2 is 1.93 bits per heavy atom. The Bertz CT molecular complexity index is 236. The van der Waals surface area contributed by atoms with Crippen LogP contribution in [0.25, 0.3) is 0 Å². The summed E-state index contributed by atoms with van der Waals surface area (Å²) in [5, 5.41) is 10.5. The average Bonchev–Trinajstić information content (AvgIpc) is 2.16. The highest BCUT2D eigenvalue weighted by Gasteiger charge is 2.43. The van der Waals surface area contributed by atoms with Crippen molar-refractivity contribution in [2.24, 2.45) is 0 Å². The maximum absolute atomic E-state index is 10.9. The van der Waals surface area contributed by atoms with Gasteiger partial charge in [0.15, 0.2) is 0 Å². The molecular formula is C9H14ClNO3. The third-order valence-corrected chi connectivity index (χ3v) is 3.15. The van der Waals surface area contributed by atoms with Gasteiger partial charge in [-0.25, -0.2) is 0 Å². The molecule has 5 heteroatoms. The normalized spacial score (nSPS) is 20.4. The van der Waals surface area contributed by atoms with Crippen molar-refractivity contribution in [3.8, 4) is 0 Å². The van der Waals surface area contributed by atoms with Crippen molar-refractivity contribution < 1.29 is 9.72 Å². The van der Waals surface area contributed by atoms with Crippen LogP contribution in [0, 0.1) is 10.1 Å². The second kappa shape index (κ2) is 4.73. The van der Waals surface area contributed by atoms with Gasteiger partial charge in [-0.05, 0) is 24.4 Å². The Morgan fingerprint density at radius 3 is 2.36 bits per heavy atom. The first-order valence-electron chi connectivity index (χ1n) is 4.90. The molecule has 0 radical (unpaired) electrons. The SMILES string of the molecule is O=C(Cl)CCC1([N+](=O)[O-])CCCCC1. The summed E-state index contributed by atoms with van der Waals surface area (Å²) in [6.07, 6.45) is 4.42. The second-order valence-corrected chi connectivity index (χ2v) is 4.32. The molecule has 0 aliphatic heterocycles. The third-order valence-electron chi connectivity index (χ3n) is 2.96. The van der Waals surface area contributed by atoms with Gasteiger partial charge in [-0.3, -0.25) is 14.9 Å². The third kappa shape index (κ3) is 2.67. The van der Waals surface area contributed by atoms with Crippen molar-refractivity contribution >= 4 is 16.8 Å². The molecule has 0 aromatic rings. The Hall–Kier alpha value is -0.640. The van der Waals surface area contributed by atoms with E-state index < -0.39 is 10.8 Å². The van der Waals surface area contributed by atoms with E-state index in [4.69, 9.17) is 11.6 Å². The summed E-state index contributed by atoms with van der Waals surface area (Å²) in [7, 11) is 0. The Balaban J connectivity index is 2.60. The first kappa shape index (κ1) is 11.4. The second-order valence-electron chi connectivity index (χ2n) is 3.90. The molecule has 1 rings (SSSR count). The maximum atomic E-state index is 10.9. The van der Waals surface area contributed by atoms with Gasteiger partial charge >= 0.3 is 0 Å². The molecule has 1 aliphatic rings. The summed E-state index contributed by atoms with van der Waals surface area (Å²) in [6.45, 7) is 0. The van der Waals surface area contributed by atoms with Crippen LogP contribution in [0.3, 0.4) is 0 Å². The molecule has 1 aliphatic carbocycles. The average molecular weight is 220 g/mol. The van der Waals surface area contributed by atoms with Crippen LogP contribution in [0.1, 0.15) is 44.9 Å². The zero-order valence-electron chi connectivity index (χ0n) is 8.00. The lowest BCUT2D eigenvalue weighted by atomic mass is 9.79. The fraction of sp³-hybridized carbons (Fsp3) is 0.889. The minimum atomic E-state index is -0.872. The Morgan fingerprint density at radius 1 is 1.36 bits per heavy atom. The van der Waals surface area contributed by atoms with E-state index in [2.05, 4.69) is 0 Å². The number of rotatable bonds is 4. The summed E-state index contributed by atoms with van der Waals surface area (Å²) in [6, 6.07) is 0. The molecule has 0 heterocycles. The molecule has 0 saturated heterocycles. The number of nitrogens with zero attached hydrogens (tertiary/aromatic N) is 1. The monoisotopic (exact) mass is 219 g/mol. The number of carbonyl (C=O) groups excluding carboxylic acids is 1. The predicted octanol–water partition coefficient (Wildman–Crippen LogP) is 2.51. The van der Waals surface area contributed by atoms with E-state index in [1.165, 1.54) is 0 Å².